The summed E-state index contributed by atoms with van der Waals surface area (Å²) in [6.45, 7) is -0.167. The normalized spacial score (nSPS) is 17.1. The highest BCUT2D eigenvalue weighted by molar-refractivity contribution is 6.30. The topological polar surface area (TPSA) is 78.0 Å². The molecule has 1 aliphatic carbocycles. The van der Waals surface area contributed by atoms with Gasteiger partial charge in [0.1, 0.15) is 0 Å². The molecule has 1 aliphatic rings. The number of benzene rings is 2. The molecule has 5 nitrogen and oxygen atoms in total. The zero-order valence-corrected chi connectivity index (χ0v) is 17.5. The molecule has 6 heteroatoms. The van der Waals surface area contributed by atoms with Crippen LogP contribution in [0.3, 0.4) is 0 Å². The van der Waals surface area contributed by atoms with Crippen LogP contribution in [0.25, 0.3) is 0 Å². The summed E-state index contributed by atoms with van der Waals surface area (Å²) in [6, 6.07) is 17.0. The van der Waals surface area contributed by atoms with Gasteiger partial charge in [0, 0.05) is 22.2 Å². The largest absolute Gasteiger partial charge is 0.394 e. The predicted octanol–water partition coefficient (Wildman–Crippen LogP) is 4.58. The number of aliphatic hydroxyl groups excluding tert-OH is 1. The molecule has 3 aromatic rings. The highest BCUT2D eigenvalue weighted by Crippen LogP contribution is 2.33. The number of carbonyl (C=O) groups excluding carboxylic acids is 1. The highest BCUT2D eigenvalue weighted by Gasteiger charge is 2.28. The molecule has 0 saturated carbocycles. The molecule has 0 aliphatic heterocycles. The second kappa shape index (κ2) is 9.45. The molecular weight excluding hydrogens is 398 g/mol. The predicted molar refractivity (Wildman–Crippen MR) is 118 cm³/mol. The Balaban J connectivity index is 1.56. The molecule has 4 rings (SSSR count). The first-order valence-electron chi connectivity index (χ1n) is 10.4. The standard InChI is InChI=1S/C24H26ClN3O2/c25-19-11-6-7-16(14-19)13-18-10-4-5-12-20-22(18)27-28-23(20)24(30)26-21(15-29)17-8-2-1-3-9-17/h1-3,6-9,11,14,18,21,29H,4-5,10,12-13,15H2,(H,26,30)(H,27,28)/t18?,21-/m0/s1. The summed E-state index contributed by atoms with van der Waals surface area (Å²) in [5.41, 5.74) is 4.55. The fourth-order valence-electron chi connectivity index (χ4n) is 4.29. The summed E-state index contributed by atoms with van der Waals surface area (Å²) in [7, 11) is 0. The van der Waals surface area contributed by atoms with E-state index in [0.29, 0.717) is 5.69 Å². The van der Waals surface area contributed by atoms with E-state index in [1.165, 1.54) is 5.56 Å². The number of hydrogen-bond acceptors (Lipinski definition) is 3. The van der Waals surface area contributed by atoms with Crippen LogP contribution in [0.2, 0.25) is 5.02 Å². The molecule has 1 unspecified atom stereocenters. The molecule has 1 aromatic heterocycles. The fraction of sp³-hybridized carbons (Fsp3) is 0.333. The van der Waals surface area contributed by atoms with Gasteiger partial charge in [-0.15, -0.1) is 0 Å². The molecule has 2 aromatic carbocycles. The van der Waals surface area contributed by atoms with Gasteiger partial charge in [0.05, 0.1) is 12.6 Å². The lowest BCUT2D eigenvalue weighted by molar-refractivity contribution is 0.0910. The Morgan fingerprint density at radius 1 is 1.20 bits per heavy atom. The van der Waals surface area contributed by atoms with Gasteiger partial charge in [-0.25, -0.2) is 0 Å². The van der Waals surface area contributed by atoms with E-state index >= 15 is 0 Å². The second-order valence-corrected chi connectivity index (χ2v) is 8.30. The number of nitrogens with zero attached hydrogens (tertiary/aromatic N) is 1. The Morgan fingerprint density at radius 3 is 2.80 bits per heavy atom. The van der Waals surface area contributed by atoms with Crippen molar-refractivity contribution in [2.45, 2.75) is 44.1 Å². The van der Waals surface area contributed by atoms with E-state index in [4.69, 9.17) is 11.6 Å². The molecule has 30 heavy (non-hydrogen) atoms. The molecule has 0 saturated heterocycles. The van der Waals surface area contributed by atoms with Crippen LogP contribution in [-0.4, -0.2) is 27.8 Å². The van der Waals surface area contributed by atoms with Crippen molar-refractivity contribution in [2.75, 3.05) is 6.61 Å². The molecule has 0 bridgehead atoms. The summed E-state index contributed by atoms with van der Waals surface area (Å²) in [4.78, 5) is 13.0. The monoisotopic (exact) mass is 423 g/mol. The van der Waals surface area contributed by atoms with E-state index in [1.807, 2.05) is 48.5 Å². The molecule has 0 radical (unpaired) electrons. The quantitative estimate of drug-likeness (QED) is 0.508. The van der Waals surface area contributed by atoms with E-state index < -0.39 is 6.04 Å². The van der Waals surface area contributed by atoms with Gasteiger partial charge in [0.15, 0.2) is 5.69 Å². The van der Waals surface area contributed by atoms with Gasteiger partial charge in [0.2, 0.25) is 0 Å². The number of fused-ring (bicyclic) bond motifs is 1. The van der Waals surface area contributed by atoms with Crippen LogP contribution in [0, 0.1) is 0 Å². The Labute approximate surface area is 181 Å². The summed E-state index contributed by atoms with van der Waals surface area (Å²) < 4.78 is 0. The van der Waals surface area contributed by atoms with Crippen LogP contribution in [0.1, 0.15) is 64.1 Å². The van der Waals surface area contributed by atoms with E-state index in [9.17, 15) is 9.90 Å². The fourth-order valence-corrected chi connectivity index (χ4v) is 4.51. The maximum Gasteiger partial charge on any atom is 0.272 e. The van der Waals surface area contributed by atoms with Gasteiger partial charge >= 0.3 is 0 Å². The number of halogens is 1. The van der Waals surface area contributed by atoms with Crippen LogP contribution in [0.4, 0.5) is 0 Å². The van der Waals surface area contributed by atoms with E-state index in [-0.39, 0.29) is 18.4 Å². The Morgan fingerprint density at radius 2 is 2.03 bits per heavy atom. The van der Waals surface area contributed by atoms with Gasteiger partial charge in [-0.05, 0) is 48.9 Å². The van der Waals surface area contributed by atoms with Crippen molar-refractivity contribution in [3.8, 4) is 0 Å². The molecule has 2 atom stereocenters. The van der Waals surface area contributed by atoms with Crippen LogP contribution < -0.4 is 5.32 Å². The van der Waals surface area contributed by atoms with E-state index in [1.54, 1.807) is 0 Å². The minimum Gasteiger partial charge on any atom is -0.394 e. The first kappa shape index (κ1) is 20.6. The van der Waals surface area contributed by atoms with Crippen molar-refractivity contribution in [2.24, 2.45) is 0 Å². The van der Waals surface area contributed by atoms with Crippen molar-refractivity contribution in [3.63, 3.8) is 0 Å². The maximum absolute atomic E-state index is 13.0. The second-order valence-electron chi connectivity index (χ2n) is 7.86. The molecule has 1 heterocycles. The first-order valence-corrected chi connectivity index (χ1v) is 10.8. The molecule has 156 valence electrons. The molecule has 1 amide bonds. The number of amides is 1. The Kier molecular flexibility index (Phi) is 6.50. The van der Waals surface area contributed by atoms with Crippen LogP contribution in [0.5, 0.6) is 0 Å². The summed E-state index contributed by atoms with van der Waals surface area (Å²) >= 11 is 6.16. The number of nitrogens with one attached hydrogen (secondary N) is 2. The average Bonchev–Trinajstić information content (AvgIpc) is 3.09. The maximum atomic E-state index is 13.0. The van der Waals surface area contributed by atoms with Gasteiger partial charge in [-0.1, -0.05) is 60.5 Å². The molecular formula is C24H26ClN3O2. The summed E-state index contributed by atoms with van der Waals surface area (Å²) in [5, 5.41) is 21.0. The lowest BCUT2D eigenvalue weighted by atomic mass is 9.91. The highest BCUT2D eigenvalue weighted by atomic mass is 35.5. The number of aromatic amines is 1. The zero-order valence-electron chi connectivity index (χ0n) is 16.8. The van der Waals surface area contributed by atoms with Gasteiger partial charge in [0.25, 0.3) is 5.91 Å². The van der Waals surface area contributed by atoms with Crippen molar-refractivity contribution in [3.05, 3.63) is 87.7 Å². The lowest BCUT2D eigenvalue weighted by Crippen LogP contribution is -2.31. The van der Waals surface area contributed by atoms with E-state index in [0.717, 1.165) is 53.9 Å². The van der Waals surface area contributed by atoms with Crippen LogP contribution >= 0.6 is 11.6 Å². The number of rotatable bonds is 6. The number of aromatic nitrogens is 2. The molecule has 0 fully saturated rings. The van der Waals surface area contributed by atoms with Gasteiger partial charge in [-0.3, -0.25) is 9.89 Å². The van der Waals surface area contributed by atoms with Crippen molar-refractivity contribution < 1.29 is 9.90 Å². The number of H-pyrrole nitrogens is 1. The van der Waals surface area contributed by atoms with Crippen LogP contribution in [0.15, 0.2) is 54.6 Å². The van der Waals surface area contributed by atoms with Gasteiger partial charge < -0.3 is 10.4 Å². The third-order valence-corrected chi connectivity index (χ3v) is 6.05. The van der Waals surface area contributed by atoms with Crippen molar-refractivity contribution >= 4 is 17.5 Å². The summed E-state index contributed by atoms with van der Waals surface area (Å²) in [6.07, 6.45) is 4.88. The summed E-state index contributed by atoms with van der Waals surface area (Å²) in [5.74, 6) is 0.0246. The van der Waals surface area contributed by atoms with Crippen molar-refractivity contribution in [1.82, 2.24) is 15.5 Å². The average molecular weight is 424 g/mol. The smallest absolute Gasteiger partial charge is 0.272 e. The van der Waals surface area contributed by atoms with Crippen LogP contribution in [-0.2, 0) is 12.8 Å². The van der Waals surface area contributed by atoms with E-state index in [2.05, 4.69) is 21.6 Å². The van der Waals surface area contributed by atoms with Gasteiger partial charge in [-0.2, -0.15) is 5.10 Å². The lowest BCUT2D eigenvalue weighted by Gasteiger charge is -2.17. The SMILES string of the molecule is O=C(N[C@@H](CO)c1ccccc1)c1n[nH]c2c1CCCCC2Cc1cccc(Cl)c1. The number of aliphatic hydroxyl groups is 1. The number of hydrogen-bond donors (Lipinski definition) is 3. The molecule has 3 N–H and O–H groups in total. The minimum absolute atomic E-state index is 0.167. The Bertz CT molecular complexity index is 1000. The van der Waals surface area contributed by atoms with Crippen molar-refractivity contribution in [1.29, 1.82) is 0 Å². The zero-order chi connectivity index (χ0) is 20.9. The molecule has 0 spiro atoms. The third kappa shape index (κ3) is 4.58. The number of carbonyl (C=O) groups is 1. The third-order valence-electron chi connectivity index (χ3n) is 5.81. The minimum atomic E-state index is -0.459. The Hall–Kier alpha value is -2.63. The first-order chi connectivity index (χ1) is 14.7.